The van der Waals surface area contributed by atoms with Gasteiger partial charge in [0.25, 0.3) is 0 Å². The highest BCUT2D eigenvalue weighted by molar-refractivity contribution is 5.92. The molecule has 0 saturated carbocycles. The molecular weight excluding hydrogens is 304 g/mol. The highest BCUT2D eigenvalue weighted by Crippen LogP contribution is 2.31. The highest BCUT2D eigenvalue weighted by Gasteiger charge is 2.17. The van der Waals surface area contributed by atoms with Crippen LogP contribution in [0.2, 0.25) is 0 Å². The van der Waals surface area contributed by atoms with Gasteiger partial charge in [0.05, 0.1) is 18.5 Å². The summed E-state index contributed by atoms with van der Waals surface area (Å²) in [7, 11) is 1.60. The van der Waals surface area contributed by atoms with E-state index in [9.17, 15) is 4.79 Å². The van der Waals surface area contributed by atoms with Gasteiger partial charge in [0.2, 0.25) is 5.91 Å². The number of hydrogen-bond donors (Lipinski definition) is 1. The molecule has 1 amide bonds. The van der Waals surface area contributed by atoms with Gasteiger partial charge < -0.3 is 14.6 Å². The second-order valence-corrected chi connectivity index (χ2v) is 7.02. The maximum atomic E-state index is 12.3. The van der Waals surface area contributed by atoms with Crippen LogP contribution in [0.3, 0.4) is 0 Å². The standard InChI is InChI=1S/C19H26N2O3/c1-12-15(13(2)24-21-12)8-10-18(22)20-16-11-14(19(3,4)5)7-9-17(16)23-6/h7,9,11H,8,10H2,1-6H3,(H,20,22). The number of amides is 1. The number of carbonyl (C=O) groups excluding carboxylic acids is 1. The third kappa shape index (κ3) is 4.16. The Morgan fingerprint density at radius 1 is 1.29 bits per heavy atom. The van der Waals surface area contributed by atoms with Crippen molar-refractivity contribution in [3.8, 4) is 5.75 Å². The molecule has 5 heteroatoms. The normalized spacial score (nSPS) is 11.4. The maximum Gasteiger partial charge on any atom is 0.224 e. The fourth-order valence-electron chi connectivity index (χ4n) is 2.58. The van der Waals surface area contributed by atoms with E-state index in [4.69, 9.17) is 9.26 Å². The van der Waals surface area contributed by atoms with Crippen LogP contribution in [0.5, 0.6) is 5.75 Å². The highest BCUT2D eigenvalue weighted by atomic mass is 16.5. The lowest BCUT2D eigenvalue weighted by atomic mass is 9.87. The second kappa shape index (κ2) is 7.07. The minimum absolute atomic E-state index is 0.00242. The number of nitrogens with zero attached hydrogens (tertiary/aromatic N) is 1. The Bertz CT molecular complexity index is 707. The van der Waals surface area contributed by atoms with E-state index in [2.05, 4.69) is 31.2 Å². The Balaban J connectivity index is 2.10. The van der Waals surface area contributed by atoms with Crippen LogP contribution in [0.4, 0.5) is 5.69 Å². The van der Waals surface area contributed by atoms with Crippen molar-refractivity contribution in [1.29, 1.82) is 0 Å². The molecule has 5 nitrogen and oxygen atoms in total. The molecule has 0 aliphatic rings. The molecule has 1 heterocycles. The van der Waals surface area contributed by atoms with Gasteiger partial charge in [-0.2, -0.15) is 0 Å². The third-order valence-corrected chi connectivity index (χ3v) is 4.12. The fraction of sp³-hybridized carbons (Fsp3) is 0.474. The Kier molecular flexibility index (Phi) is 5.32. The molecule has 0 spiro atoms. The number of ether oxygens (including phenoxy) is 1. The van der Waals surface area contributed by atoms with E-state index in [1.165, 1.54) is 0 Å². The van der Waals surface area contributed by atoms with Crippen molar-refractivity contribution in [3.63, 3.8) is 0 Å². The number of aromatic nitrogens is 1. The molecule has 0 aliphatic heterocycles. The van der Waals surface area contributed by atoms with E-state index in [0.29, 0.717) is 24.3 Å². The minimum Gasteiger partial charge on any atom is -0.495 e. The van der Waals surface area contributed by atoms with Crippen molar-refractivity contribution in [1.82, 2.24) is 5.16 Å². The molecule has 0 bridgehead atoms. The summed E-state index contributed by atoms with van der Waals surface area (Å²) >= 11 is 0. The monoisotopic (exact) mass is 330 g/mol. The molecule has 24 heavy (non-hydrogen) atoms. The Labute approximate surface area is 143 Å². The molecule has 2 aromatic rings. The van der Waals surface area contributed by atoms with Crippen LogP contribution in [0, 0.1) is 13.8 Å². The van der Waals surface area contributed by atoms with Gasteiger partial charge in [0, 0.05) is 12.0 Å². The first-order valence-corrected chi connectivity index (χ1v) is 8.12. The van der Waals surface area contributed by atoms with Gasteiger partial charge >= 0.3 is 0 Å². The second-order valence-electron chi connectivity index (χ2n) is 7.02. The van der Waals surface area contributed by atoms with Crippen LogP contribution in [0.15, 0.2) is 22.7 Å². The predicted molar refractivity (Wildman–Crippen MR) is 94.6 cm³/mol. The Morgan fingerprint density at radius 2 is 2.00 bits per heavy atom. The number of hydrogen-bond acceptors (Lipinski definition) is 4. The van der Waals surface area contributed by atoms with Crippen molar-refractivity contribution in [2.24, 2.45) is 0 Å². The molecule has 0 atom stereocenters. The number of aryl methyl sites for hydroxylation is 2. The van der Waals surface area contributed by atoms with E-state index in [1.54, 1.807) is 7.11 Å². The van der Waals surface area contributed by atoms with Gasteiger partial charge in [-0.1, -0.05) is 32.0 Å². The summed E-state index contributed by atoms with van der Waals surface area (Å²) in [6.45, 7) is 10.2. The topological polar surface area (TPSA) is 64.4 Å². The molecule has 1 aromatic carbocycles. The van der Waals surface area contributed by atoms with Gasteiger partial charge in [-0.05, 0) is 43.4 Å². The molecule has 0 fully saturated rings. The summed E-state index contributed by atoms with van der Waals surface area (Å²) in [6, 6.07) is 5.90. The number of carbonyl (C=O) groups is 1. The van der Waals surface area contributed by atoms with E-state index < -0.39 is 0 Å². The molecule has 1 N–H and O–H groups in total. The van der Waals surface area contributed by atoms with Crippen LogP contribution in [-0.2, 0) is 16.6 Å². The first kappa shape index (κ1) is 18.0. The zero-order valence-electron chi connectivity index (χ0n) is 15.3. The van der Waals surface area contributed by atoms with Crippen molar-refractivity contribution in [3.05, 3.63) is 40.8 Å². The molecule has 1 aromatic heterocycles. The van der Waals surface area contributed by atoms with Crippen LogP contribution in [0.1, 0.15) is 49.8 Å². The first-order valence-electron chi connectivity index (χ1n) is 8.12. The summed E-state index contributed by atoms with van der Waals surface area (Å²) in [5.74, 6) is 1.38. The number of methoxy groups -OCH3 is 1. The lowest BCUT2D eigenvalue weighted by Gasteiger charge is -2.21. The van der Waals surface area contributed by atoms with Crippen molar-refractivity contribution in [2.75, 3.05) is 12.4 Å². The van der Waals surface area contributed by atoms with Crippen molar-refractivity contribution >= 4 is 11.6 Å². The van der Waals surface area contributed by atoms with Crippen LogP contribution >= 0.6 is 0 Å². The number of anilines is 1. The molecule has 2 rings (SSSR count). The van der Waals surface area contributed by atoms with Gasteiger partial charge in [-0.15, -0.1) is 0 Å². The Hall–Kier alpha value is -2.30. The lowest BCUT2D eigenvalue weighted by Crippen LogP contribution is -2.16. The van der Waals surface area contributed by atoms with E-state index in [0.717, 1.165) is 22.6 Å². The zero-order chi connectivity index (χ0) is 17.9. The zero-order valence-corrected chi connectivity index (χ0v) is 15.3. The molecular formula is C19H26N2O3. The van der Waals surface area contributed by atoms with E-state index in [-0.39, 0.29) is 11.3 Å². The van der Waals surface area contributed by atoms with Gasteiger partial charge in [0.15, 0.2) is 0 Å². The fourth-order valence-corrected chi connectivity index (χ4v) is 2.58. The number of rotatable bonds is 5. The van der Waals surface area contributed by atoms with Gasteiger partial charge in [-0.3, -0.25) is 4.79 Å². The average Bonchev–Trinajstić information content (AvgIpc) is 2.83. The van der Waals surface area contributed by atoms with Crippen LogP contribution in [-0.4, -0.2) is 18.2 Å². The maximum absolute atomic E-state index is 12.3. The van der Waals surface area contributed by atoms with E-state index >= 15 is 0 Å². The van der Waals surface area contributed by atoms with Crippen molar-refractivity contribution < 1.29 is 14.1 Å². The van der Waals surface area contributed by atoms with Gasteiger partial charge in [-0.25, -0.2) is 0 Å². The molecule has 0 unspecified atom stereocenters. The molecule has 130 valence electrons. The molecule has 0 radical (unpaired) electrons. The largest absolute Gasteiger partial charge is 0.495 e. The number of nitrogens with one attached hydrogen (secondary N) is 1. The summed E-state index contributed by atoms with van der Waals surface area (Å²) in [4.78, 5) is 12.3. The SMILES string of the molecule is COc1ccc(C(C)(C)C)cc1NC(=O)CCc1c(C)noc1C. The van der Waals surface area contributed by atoms with Crippen LogP contribution in [0.25, 0.3) is 0 Å². The predicted octanol–water partition coefficient (Wildman–Crippen LogP) is 4.17. The minimum atomic E-state index is -0.0561. The Morgan fingerprint density at radius 3 is 2.54 bits per heavy atom. The summed E-state index contributed by atoms with van der Waals surface area (Å²) in [6.07, 6.45) is 0.972. The van der Waals surface area contributed by atoms with Crippen molar-refractivity contribution in [2.45, 2.75) is 52.9 Å². The third-order valence-electron chi connectivity index (χ3n) is 4.12. The molecule has 0 saturated heterocycles. The quantitative estimate of drug-likeness (QED) is 0.893. The summed E-state index contributed by atoms with van der Waals surface area (Å²) in [5, 5.41) is 6.88. The molecule has 0 aliphatic carbocycles. The lowest BCUT2D eigenvalue weighted by molar-refractivity contribution is -0.116. The number of benzene rings is 1. The summed E-state index contributed by atoms with van der Waals surface area (Å²) in [5.41, 5.74) is 3.69. The van der Waals surface area contributed by atoms with E-state index in [1.807, 2.05) is 32.0 Å². The first-order chi connectivity index (χ1) is 11.2. The van der Waals surface area contributed by atoms with Gasteiger partial charge in [0.1, 0.15) is 11.5 Å². The average molecular weight is 330 g/mol. The van der Waals surface area contributed by atoms with Crippen LogP contribution < -0.4 is 10.1 Å². The smallest absolute Gasteiger partial charge is 0.224 e. The summed E-state index contributed by atoms with van der Waals surface area (Å²) < 4.78 is 10.5.